The van der Waals surface area contributed by atoms with E-state index in [0.29, 0.717) is 31.0 Å². The molecule has 2 aromatic carbocycles. The fraction of sp³-hybridized carbons (Fsp3) is 0.462. The molecule has 2 rings (SSSR count). The Morgan fingerprint density at radius 2 is 1.69 bits per heavy atom. The molecule has 35 heavy (non-hydrogen) atoms. The highest BCUT2D eigenvalue weighted by Crippen LogP contribution is 2.22. The number of carbonyl (C=O) groups excluding carboxylic acids is 2. The van der Waals surface area contributed by atoms with Crippen LogP contribution in [0.3, 0.4) is 0 Å². The minimum Gasteiger partial charge on any atom is -0.494 e. The van der Waals surface area contributed by atoms with Crippen LogP contribution >= 0.6 is 0 Å². The standard InChI is InChI=1S/C26H37N3O5S/c1-5-7-18-27-26(31)21(3)28(19-17-22-11-9-8-10-12-22)25(30)20-29(35(4,32)33)23-13-15-24(16-14-23)34-6-2/h8-16,21H,5-7,17-20H2,1-4H3,(H,27,31)/t21-/m1/s1. The predicted octanol–water partition coefficient (Wildman–Crippen LogP) is 3.23. The van der Waals surface area contributed by atoms with Gasteiger partial charge in [0.25, 0.3) is 0 Å². The molecule has 0 fully saturated rings. The van der Waals surface area contributed by atoms with Gasteiger partial charge in [-0.1, -0.05) is 43.7 Å². The highest BCUT2D eigenvalue weighted by atomic mass is 32.2. The van der Waals surface area contributed by atoms with E-state index >= 15 is 0 Å². The molecule has 0 radical (unpaired) electrons. The smallest absolute Gasteiger partial charge is 0.244 e. The summed E-state index contributed by atoms with van der Waals surface area (Å²) >= 11 is 0. The van der Waals surface area contributed by atoms with E-state index in [1.165, 1.54) is 4.90 Å². The van der Waals surface area contributed by atoms with Crippen molar-refractivity contribution in [2.24, 2.45) is 0 Å². The molecule has 192 valence electrons. The van der Waals surface area contributed by atoms with E-state index in [-0.39, 0.29) is 12.5 Å². The van der Waals surface area contributed by atoms with Gasteiger partial charge in [0, 0.05) is 13.1 Å². The molecule has 0 unspecified atom stereocenters. The summed E-state index contributed by atoms with van der Waals surface area (Å²) in [6.07, 6.45) is 3.39. The summed E-state index contributed by atoms with van der Waals surface area (Å²) in [5.41, 5.74) is 1.38. The van der Waals surface area contributed by atoms with E-state index in [9.17, 15) is 18.0 Å². The highest BCUT2D eigenvalue weighted by molar-refractivity contribution is 7.92. The van der Waals surface area contributed by atoms with Gasteiger partial charge in [-0.15, -0.1) is 0 Å². The Morgan fingerprint density at radius 1 is 1.03 bits per heavy atom. The number of carbonyl (C=O) groups is 2. The lowest BCUT2D eigenvalue weighted by Gasteiger charge is -2.31. The van der Waals surface area contributed by atoms with Crippen LogP contribution in [0.25, 0.3) is 0 Å². The topological polar surface area (TPSA) is 96.0 Å². The number of amides is 2. The number of rotatable bonds is 14. The second kappa shape index (κ2) is 13.7. The molecule has 2 aromatic rings. The van der Waals surface area contributed by atoms with Crippen LogP contribution in [0.2, 0.25) is 0 Å². The zero-order valence-electron chi connectivity index (χ0n) is 21.1. The number of hydrogen-bond acceptors (Lipinski definition) is 5. The first-order valence-electron chi connectivity index (χ1n) is 12.0. The molecule has 0 saturated carbocycles. The molecule has 9 heteroatoms. The Bertz CT molecular complexity index is 1040. The van der Waals surface area contributed by atoms with Gasteiger partial charge in [-0.3, -0.25) is 13.9 Å². The van der Waals surface area contributed by atoms with E-state index < -0.39 is 28.5 Å². The summed E-state index contributed by atoms with van der Waals surface area (Å²) in [6, 6.07) is 15.5. The molecule has 2 amide bonds. The average molecular weight is 504 g/mol. The van der Waals surface area contributed by atoms with Gasteiger partial charge >= 0.3 is 0 Å². The summed E-state index contributed by atoms with van der Waals surface area (Å²) < 4.78 is 31.7. The minimum absolute atomic E-state index is 0.258. The van der Waals surface area contributed by atoms with Crippen LogP contribution in [0.15, 0.2) is 54.6 Å². The van der Waals surface area contributed by atoms with Crippen molar-refractivity contribution in [3.63, 3.8) is 0 Å². The second-order valence-corrected chi connectivity index (χ2v) is 10.2. The molecular formula is C26H37N3O5S. The van der Waals surface area contributed by atoms with Gasteiger partial charge in [-0.25, -0.2) is 8.42 Å². The molecule has 0 aliphatic rings. The van der Waals surface area contributed by atoms with Gasteiger partial charge < -0.3 is 15.0 Å². The predicted molar refractivity (Wildman–Crippen MR) is 139 cm³/mol. The molecule has 0 bridgehead atoms. The maximum atomic E-state index is 13.5. The van der Waals surface area contributed by atoms with Crippen LogP contribution in [0.5, 0.6) is 5.75 Å². The van der Waals surface area contributed by atoms with Crippen molar-refractivity contribution in [3.8, 4) is 5.75 Å². The van der Waals surface area contributed by atoms with E-state index in [0.717, 1.165) is 29.0 Å². The monoisotopic (exact) mass is 503 g/mol. The number of anilines is 1. The van der Waals surface area contributed by atoms with Gasteiger partial charge in [0.1, 0.15) is 18.3 Å². The average Bonchev–Trinajstić information content (AvgIpc) is 2.83. The van der Waals surface area contributed by atoms with Crippen LogP contribution in [0.1, 0.15) is 39.2 Å². The number of nitrogens with zero attached hydrogens (tertiary/aromatic N) is 2. The summed E-state index contributed by atoms with van der Waals surface area (Å²) in [4.78, 5) is 27.7. The zero-order chi connectivity index (χ0) is 25.8. The molecule has 8 nitrogen and oxygen atoms in total. The highest BCUT2D eigenvalue weighted by Gasteiger charge is 2.29. The molecular weight excluding hydrogens is 466 g/mol. The molecule has 0 spiro atoms. The van der Waals surface area contributed by atoms with Crippen LogP contribution in [0.4, 0.5) is 5.69 Å². The third-order valence-corrected chi connectivity index (χ3v) is 6.74. The number of hydrogen-bond donors (Lipinski definition) is 1. The number of ether oxygens (including phenoxy) is 1. The van der Waals surface area contributed by atoms with Crippen molar-refractivity contribution in [3.05, 3.63) is 60.2 Å². The third-order valence-electron chi connectivity index (χ3n) is 5.60. The van der Waals surface area contributed by atoms with Crippen molar-refractivity contribution in [1.82, 2.24) is 10.2 Å². The first-order chi connectivity index (χ1) is 16.7. The lowest BCUT2D eigenvalue weighted by Crippen LogP contribution is -2.52. The van der Waals surface area contributed by atoms with Gasteiger partial charge in [0.15, 0.2) is 0 Å². The van der Waals surface area contributed by atoms with Gasteiger partial charge in [-0.2, -0.15) is 0 Å². The number of sulfonamides is 1. The Hall–Kier alpha value is -3.07. The SMILES string of the molecule is CCCCNC(=O)[C@@H](C)N(CCc1ccccc1)C(=O)CN(c1ccc(OCC)cc1)S(C)(=O)=O. The fourth-order valence-corrected chi connectivity index (χ4v) is 4.44. The van der Waals surface area contributed by atoms with Crippen LogP contribution < -0.4 is 14.4 Å². The lowest BCUT2D eigenvalue weighted by molar-refractivity contribution is -0.138. The molecule has 1 N–H and O–H groups in total. The third kappa shape index (κ3) is 8.90. The molecule has 0 aliphatic carbocycles. The van der Waals surface area contributed by atoms with Gasteiger partial charge in [0.05, 0.1) is 18.6 Å². The quantitative estimate of drug-likeness (QED) is 0.400. The lowest BCUT2D eigenvalue weighted by atomic mass is 10.1. The normalized spacial score (nSPS) is 12.0. The minimum atomic E-state index is -3.76. The Balaban J connectivity index is 2.26. The maximum Gasteiger partial charge on any atom is 0.244 e. The van der Waals surface area contributed by atoms with Crippen LogP contribution in [-0.2, 0) is 26.0 Å². The van der Waals surface area contributed by atoms with Crippen molar-refractivity contribution in [2.75, 3.05) is 36.8 Å². The zero-order valence-corrected chi connectivity index (χ0v) is 21.9. The second-order valence-electron chi connectivity index (χ2n) is 8.34. The number of nitrogens with one attached hydrogen (secondary N) is 1. The largest absolute Gasteiger partial charge is 0.494 e. The first-order valence-corrected chi connectivity index (χ1v) is 13.8. The summed E-state index contributed by atoms with van der Waals surface area (Å²) in [5, 5.41) is 2.87. The van der Waals surface area contributed by atoms with Gasteiger partial charge in [0.2, 0.25) is 21.8 Å². The van der Waals surface area contributed by atoms with Crippen molar-refractivity contribution < 1.29 is 22.7 Å². The number of unbranched alkanes of at least 4 members (excludes halogenated alkanes) is 1. The van der Waals surface area contributed by atoms with Crippen LogP contribution in [-0.4, -0.2) is 63.7 Å². The molecule has 0 aromatic heterocycles. The van der Waals surface area contributed by atoms with E-state index in [1.54, 1.807) is 31.2 Å². The molecule has 0 aliphatic heterocycles. The number of benzene rings is 2. The van der Waals surface area contributed by atoms with Crippen molar-refractivity contribution in [1.29, 1.82) is 0 Å². The summed E-state index contributed by atoms with van der Waals surface area (Å²) in [7, 11) is -3.76. The molecule has 0 saturated heterocycles. The van der Waals surface area contributed by atoms with Crippen molar-refractivity contribution in [2.45, 2.75) is 46.1 Å². The van der Waals surface area contributed by atoms with E-state index in [2.05, 4.69) is 5.32 Å². The maximum absolute atomic E-state index is 13.5. The molecule has 0 heterocycles. The fourth-order valence-electron chi connectivity index (χ4n) is 3.60. The summed E-state index contributed by atoms with van der Waals surface area (Å²) in [5.74, 6) is -0.0943. The van der Waals surface area contributed by atoms with Crippen LogP contribution in [0, 0.1) is 0 Å². The summed E-state index contributed by atoms with van der Waals surface area (Å²) in [6.45, 7) is 6.46. The van der Waals surface area contributed by atoms with Gasteiger partial charge in [-0.05, 0) is 56.5 Å². The Morgan fingerprint density at radius 3 is 2.26 bits per heavy atom. The Labute approximate surface area is 209 Å². The Kier molecular flexibility index (Phi) is 11.0. The first kappa shape index (κ1) is 28.2. The van der Waals surface area contributed by atoms with E-state index in [4.69, 9.17) is 4.74 Å². The molecule has 1 atom stereocenters. The van der Waals surface area contributed by atoms with E-state index in [1.807, 2.05) is 44.2 Å². The van der Waals surface area contributed by atoms with Crippen molar-refractivity contribution >= 4 is 27.5 Å².